The number of hydrogen-bond donors (Lipinski definition) is 1. The summed E-state index contributed by atoms with van der Waals surface area (Å²) in [5, 5.41) is 18.6. The van der Waals surface area contributed by atoms with Gasteiger partial charge in [-0.25, -0.2) is 0 Å². The second-order valence-electron chi connectivity index (χ2n) is 8.50. The minimum Gasteiger partial charge on any atom is -0.459 e. The van der Waals surface area contributed by atoms with Crippen molar-refractivity contribution in [3.05, 3.63) is 24.3 Å². The van der Waals surface area contributed by atoms with E-state index in [0.717, 1.165) is 32.1 Å². The van der Waals surface area contributed by atoms with Gasteiger partial charge in [0.2, 0.25) is 0 Å². The van der Waals surface area contributed by atoms with Crippen LogP contribution >= 0.6 is 0 Å². The molecule has 2 aromatic rings. The summed E-state index contributed by atoms with van der Waals surface area (Å²) < 4.78 is 16.0. The van der Waals surface area contributed by atoms with Crippen molar-refractivity contribution in [3.63, 3.8) is 0 Å². The lowest BCUT2D eigenvalue weighted by Gasteiger charge is -2.60. The Hall–Kier alpha value is -2.15. The molecule has 2 unspecified atom stereocenters. The Morgan fingerprint density at radius 2 is 2.08 bits per heavy atom. The van der Waals surface area contributed by atoms with Crippen LogP contribution in [0.2, 0.25) is 0 Å². The molecule has 0 spiro atoms. The first-order valence-corrected chi connectivity index (χ1v) is 9.25. The van der Waals surface area contributed by atoms with Gasteiger partial charge in [-0.1, -0.05) is 0 Å². The lowest BCUT2D eigenvalue weighted by atomic mass is 9.47. The van der Waals surface area contributed by atoms with Crippen LogP contribution in [0.4, 0.5) is 0 Å². The minimum absolute atomic E-state index is 0.0419. The standard InChI is InChI=1S/C19H22N2O5/c22-16(25-10-15-20-21-17(26-15)14-2-1-3-24-14)9-18-5-12-4-13(6-18)8-19(23,7-12)11-18/h1-3,12-13,23H,4-11H2/t12-,13+,18?,19?. The number of furan rings is 1. The van der Waals surface area contributed by atoms with Crippen molar-refractivity contribution in [2.24, 2.45) is 17.3 Å². The number of carbonyl (C=O) groups is 1. The van der Waals surface area contributed by atoms with E-state index in [9.17, 15) is 9.90 Å². The molecule has 4 fully saturated rings. The van der Waals surface area contributed by atoms with Crippen LogP contribution in [0, 0.1) is 17.3 Å². The predicted octanol–water partition coefficient (Wildman–Crippen LogP) is 3.09. The molecule has 26 heavy (non-hydrogen) atoms. The third-order valence-electron chi connectivity index (χ3n) is 6.23. The number of carbonyl (C=O) groups excluding carboxylic acids is 1. The maximum Gasteiger partial charge on any atom is 0.306 e. The van der Waals surface area contributed by atoms with E-state index in [1.54, 1.807) is 12.1 Å². The lowest BCUT2D eigenvalue weighted by molar-refractivity contribution is -0.177. The topological polar surface area (TPSA) is 98.6 Å². The van der Waals surface area contributed by atoms with Crippen molar-refractivity contribution < 1.29 is 23.5 Å². The van der Waals surface area contributed by atoms with E-state index >= 15 is 0 Å². The molecular formula is C19H22N2O5. The SMILES string of the molecule is O=C(CC12C[C@@H]3C[C@@H](CC(O)(C3)C1)C2)OCc1nnc(-c2ccco2)o1. The second kappa shape index (κ2) is 5.67. The van der Waals surface area contributed by atoms with Crippen molar-refractivity contribution >= 4 is 5.97 Å². The second-order valence-corrected chi connectivity index (χ2v) is 8.50. The zero-order chi connectivity index (χ0) is 17.8. The van der Waals surface area contributed by atoms with Crippen LogP contribution in [0.15, 0.2) is 27.2 Å². The van der Waals surface area contributed by atoms with Crippen LogP contribution in [0.25, 0.3) is 11.7 Å². The molecule has 0 aromatic carbocycles. The highest BCUT2D eigenvalue weighted by Crippen LogP contribution is 2.62. The molecule has 4 saturated carbocycles. The molecule has 0 amide bonds. The molecule has 4 aliphatic carbocycles. The largest absolute Gasteiger partial charge is 0.459 e. The normalized spacial score (nSPS) is 35.0. The maximum atomic E-state index is 12.4. The van der Waals surface area contributed by atoms with Crippen molar-refractivity contribution in [1.82, 2.24) is 10.2 Å². The summed E-state index contributed by atoms with van der Waals surface area (Å²) in [4.78, 5) is 12.4. The molecule has 2 heterocycles. The predicted molar refractivity (Wildman–Crippen MR) is 88.5 cm³/mol. The molecule has 4 aliphatic rings. The van der Waals surface area contributed by atoms with E-state index in [1.165, 1.54) is 12.7 Å². The van der Waals surface area contributed by atoms with E-state index in [4.69, 9.17) is 13.6 Å². The fourth-order valence-corrected chi connectivity index (χ4v) is 5.92. The molecule has 4 bridgehead atoms. The molecular weight excluding hydrogens is 336 g/mol. The smallest absolute Gasteiger partial charge is 0.306 e. The van der Waals surface area contributed by atoms with Gasteiger partial charge in [0.05, 0.1) is 18.3 Å². The quantitative estimate of drug-likeness (QED) is 0.820. The maximum absolute atomic E-state index is 12.4. The summed E-state index contributed by atoms with van der Waals surface area (Å²) in [5.41, 5.74) is -0.654. The van der Waals surface area contributed by atoms with E-state index in [-0.39, 0.29) is 29.8 Å². The fraction of sp³-hybridized carbons (Fsp3) is 0.632. The number of aromatic nitrogens is 2. The minimum atomic E-state index is -0.561. The molecule has 0 aliphatic heterocycles. The summed E-state index contributed by atoms with van der Waals surface area (Å²) in [6, 6.07) is 3.46. The van der Waals surface area contributed by atoms with Gasteiger partial charge in [0.25, 0.3) is 11.8 Å². The summed E-state index contributed by atoms with van der Waals surface area (Å²) in [5.74, 6) is 1.85. The van der Waals surface area contributed by atoms with E-state index in [2.05, 4.69) is 10.2 Å². The van der Waals surface area contributed by atoms with Gasteiger partial charge in [-0.3, -0.25) is 4.79 Å². The lowest BCUT2D eigenvalue weighted by Crippen LogP contribution is -2.56. The van der Waals surface area contributed by atoms with Crippen molar-refractivity contribution in [2.45, 2.75) is 57.2 Å². The molecule has 1 N–H and O–H groups in total. The third-order valence-corrected chi connectivity index (χ3v) is 6.23. The van der Waals surface area contributed by atoms with Gasteiger partial charge >= 0.3 is 5.97 Å². The van der Waals surface area contributed by atoms with Gasteiger partial charge in [-0.2, -0.15) is 0 Å². The fourth-order valence-electron chi connectivity index (χ4n) is 5.92. The Labute approximate surface area is 150 Å². The Kier molecular flexibility index (Phi) is 3.50. The van der Waals surface area contributed by atoms with Gasteiger partial charge in [-0.05, 0) is 67.9 Å². The van der Waals surface area contributed by atoms with Gasteiger partial charge in [0.15, 0.2) is 12.4 Å². The van der Waals surface area contributed by atoms with Gasteiger partial charge < -0.3 is 18.7 Å². The van der Waals surface area contributed by atoms with Crippen LogP contribution in [0.3, 0.4) is 0 Å². The molecule has 7 nitrogen and oxygen atoms in total. The number of ether oxygens (including phenoxy) is 1. The highest BCUT2D eigenvalue weighted by molar-refractivity contribution is 5.70. The van der Waals surface area contributed by atoms with Gasteiger partial charge in [-0.15, -0.1) is 10.2 Å². The highest BCUT2D eigenvalue weighted by Gasteiger charge is 2.57. The van der Waals surface area contributed by atoms with E-state index in [1.807, 2.05) is 0 Å². The number of nitrogens with zero attached hydrogens (tertiary/aromatic N) is 2. The number of esters is 1. The Bertz CT molecular complexity index is 798. The molecule has 4 atom stereocenters. The summed E-state index contributed by atoms with van der Waals surface area (Å²) in [7, 11) is 0. The summed E-state index contributed by atoms with van der Waals surface area (Å²) >= 11 is 0. The van der Waals surface area contributed by atoms with Crippen molar-refractivity contribution in [3.8, 4) is 11.7 Å². The zero-order valence-corrected chi connectivity index (χ0v) is 14.5. The van der Waals surface area contributed by atoms with Crippen LogP contribution in [0.5, 0.6) is 0 Å². The molecule has 138 valence electrons. The van der Waals surface area contributed by atoms with Crippen molar-refractivity contribution in [2.75, 3.05) is 0 Å². The van der Waals surface area contributed by atoms with E-state index in [0.29, 0.717) is 24.0 Å². The first kappa shape index (κ1) is 16.1. The first-order valence-electron chi connectivity index (χ1n) is 9.25. The van der Waals surface area contributed by atoms with Crippen molar-refractivity contribution in [1.29, 1.82) is 0 Å². The van der Waals surface area contributed by atoms with Gasteiger partial charge in [0, 0.05) is 0 Å². The molecule has 2 aromatic heterocycles. The van der Waals surface area contributed by atoms with Crippen LogP contribution < -0.4 is 0 Å². The highest BCUT2D eigenvalue weighted by atomic mass is 16.5. The van der Waals surface area contributed by atoms with Gasteiger partial charge in [0.1, 0.15) is 0 Å². The molecule has 0 radical (unpaired) electrons. The number of hydrogen-bond acceptors (Lipinski definition) is 7. The molecule has 6 rings (SSSR count). The number of rotatable bonds is 5. The van der Waals surface area contributed by atoms with Crippen LogP contribution in [0.1, 0.15) is 50.8 Å². The average molecular weight is 358 g/mol. The number of aliphatic hydroxyl groups is 1. The summed E-state index contributed by atoms with van der Waals surface area (Å²) in [6.07, 6.45) is 7.69. The first-order chi connectivity index (χ1) is 12.5. The molecule has 7 heteroatoms. The summed E-state index contributed by atoms with van der Waals surface area (Å²) in [6.45, 7) is -0.0419. The van der Waals surface area contributed by atoms with E-state index < -0.39 is 5.60 Å². The third kappa shape index (κ3) is 2.84. The Balaban J connectivity index is 1.21. The Morgan fingerprint density at radius 3 is 2.77 bits per heavy atom. The zero-order valence-electron chi connectivity index (χ0n) is 14.5. The monoisotopic (exact) mass is 358 g/mol. The van der Waals surface area contributed by atoms with Crippen LogP contribution in [-0.4, -0.2) is 26.9 Å². The average Bonchev–Trinajstić information content (AvgIpc) is 3.21. The molecule has 0 saturated heterocycles. The Morgan fingerprint density at radius 1 is 1.27 bits per heavy atom. The van der Waals surface area contributed by atoms with Crippen LogP contribution in [-0.2, 0) is 16.1 Å².